The lowest BCUT2D eigenvalue weighted by atomic mass is 10.2. The summed E-state index contributed by atoms with van der Waals surface area (Å²) in [6.45, 7) is 2.06. The molecule has 0 fully saturated rings. The molecule has 0 bridgehead atoms. The third-order valence-corrected chi connectivity index (χ3v) is 3.19. The summed E-state index contributed by atoms with van der Waals surface area (Å²) in [5, 5.41) is 6.96. The van der Waals surface area contributed by atoms with Crippen LogP contribution in [-0.4, -0.2) is 24.1 Å². The number of aromatic nitrogens is 2. The molecule has 106 valence electrons. The molecule has 0 aliphatic heterocycles. The van der Waals surface area contributed by atoms with Crippen molar-refractivity contribution in [3.05, 3.63) is 35.1 Å². The zero-order valence-corrected chi connectivity index (χ0v) is 12.5. The second-order valence-corrected chi connectivity index (χ2v) is 4.56. The van der Waals surface area contributed by atoms with Crippen molar-refractivity contribution in [1.29, 1.82) is 0 Å². The van der Waals surface area contributed by atoms with Gasteiger partial charge in [0, 0.05) is 17.6 Å². The van der Waals surface area contributed by atoms with E-state index in [-0.39, 0.29) is 0 Å². The van der Waals surface area contributed by atoms with Gasteiger partial charge in [-0.3, -0.25) is 0 Å². The van der Waals surface area contributed by atoms with Crippen LogP contribution in [0.4, 0.5) is 17.3 Å². The van der Waals surface area contributed by atoms with Crippen molar-refractivity contribution in [2.75, 3.05) is 24.8 Å². The van der Waals surface area contributed by atoms with Crippen molar-refractivity contribution < 1.29 is 4.74 Å². The van der Waals surface area contributed by atoms with Crippen molar-refractivity contribution in [2.45, 2.75) is 13.3 Å². The molecule has 5 nitrogen and oxygen atoms in total. The third-order valence-electron chi connectivity index (χ3n) is 2.95. The van der Waals surface area contributed by atoms with Gasteiger partial charge >= 0.3 is 0 Å². The standard InChI is InChI=1S/C14H17ClN4O/c1-4-10-13(16-2)17-8-18-14(10)19-11-7-9(15)5-6-12(11)20-3/h5-8H,4H2,1-3H3,(H2,16,17,18,19). The minimum absolute atomic E-state index is 0.634. The lowest BCUT2D eigenvalue weighted by molar-refractivity contribution is 0.417. The summed E-state index contributed by atoms with van der Waals surface area (Å²) in [6, 6.07) is 5.41. The molecule has 6 heteroatoms. The molecule has 20 heavy (non-hydrogen) atoms. The highest BCUT2D eigenvalue weighted by molar-refractivity contribution is 6.31. The monoisotopic (exact) mass is 292 g/mol. The van der Waals surface area contributed by atoms with Crippen LogP contribution in [0, 0.1) is 0 Å². The molecule has 1 aromatic heterocycles. The molecule has 0 aliphatic rings. The number of nitrogens with one attached hydrogen (secondary N) is 2. The molecular formula is C14H17ClN4O. The van der Waals surface area contributed by atoms with Gasteiger partial charge in [-0.2, -0.15) is 0 Å². The Balaban J connectivity index is 2.42. The van der Waals surface area contributed by atoms with Gasteiger partial charge in [0.2, 0.25) is 0 Å². The number of rotatable bonds is 5. The van der Waals surface area contributed by atoms with Crippen LogP contribution in [0.3, 0.4) is 0 Å². The summed E-state index contributed by atoms with van der Waals surface area (Å²) >= 11 is 6.03. The van der Waals surface area contributed by atoms with Gasteiger partial charge in [-0.15, -0.1) is 0 Å². The summed E-state index contributed by atoms with van der Waals surface area (Å²) in [5.41, 5.74) is 1.78. The van der Waals surface area contributed by atoms with Crippen molar-refractivity contribution in [3.63, 3.8) is 0 Å². The van der Waals surface area contributed by atoms with Crippen molar-refractivity contribution in [2.24, 2.45) is 0 Å². The Morgan fingerprint density at radius 2 is 2.00 bits per heavy atom. The molecule has 2 aromatic rings. The molecule has 2 rings (SSSR count). The fourth-order valence-electron chi connectivity index (χ4n) is 1.98. The zero-order valence-electron chi connectivity index (χ0n) is 11.7. The van der Waals surface area contributed by atoms with E-state index in [0.717, 1.165) is 29.3 Å². The Bertz CT molecular complexity index is 604. The highest BCUT2D eigenvalue weighted by Crippen LogP contribution is 2.32. The molecule has 1 aromatic carbocycles. The fraction of sp³-hybridized carbons (Fsp3) is 0.286. The summed E-state index contributed by atoms with van der Waals surface area (Å²) in [6.07, 6.45) is 2.33. The van der Waals surface area contributed by atoms with Crippen molar-refractivity contribution >= 4 is 28.9 Å². The number of halogens is 1. The molecule has 2 N–H and O–H groups in total. The van der Waals surface area contributed by atoms with Gasteiger partial charge in [0.25, 0.3) is 0 Å². The minimum Gasteiger partial charge on any atom is -0.495 e. The van der Waals surface area contributed by atoms with Gasteiger partial charge in [0.1, 0.15) is 23.7 Å². The Kier molecular flexibility index (Phi) is 4.63. The molecule has 0 atom stereocenters. The maximum absolute atomic E-state index is 6.03. The van der Waals surface area contributed by atoms with E-state index < -0.39 is 0 Å². The first-order valence-electron chi connectivity index (χ1n) is 6.31. The Morgan fingerprint density at radius 1 is 1.25 bits per heavy atom. The highest BCUT2D eigenvalue weighted by Gasteiger charge is 2.11. The molecule has 0 saturated carbocycles. The predicted molar refractivity (Wildman–Crippen MR) is 82.2 cm³/mol. The van der Waals surface area contributed by atoms with E-state index in [1.165, 1.54) is 6.33 Å². The number of hydrogen-bond acceptors (Lipinski definition) is 5. The van der Waals surface area contributed by atoms with Gasteiger partial charge in [-0.05, 0) is 24.6 Å². The Morgan fingerprint density at radius 3 is 2.65 bits per heavy atom. The molecule has 0 amide bonds. The van der Waals surface area contributed by atoms with E-state index in [0.29, 0.717) is 10.8 Å². The second-order valence-electron chi connectivity index (χ2n) is 4.12. The smallest absolute Gasteiger partial charge is 0.142 e. The minimum atomic E-state index is 0.634. The summed E-state index contributed by atoms with van der Waals surface area (Å²) < 4.78 is 5.32. The number of benzene rings is 1. The van der Waals surface area contributed by atoms with Gasteiger partial charge in [-0.25, -0.2) is 9.97 Å². The fourth-order valence-corrected chi connectivity index (χ4v) is 2.15. The van der Waals surface area contributed by atoms with Crippen molar-refractivity contribution in [1.82, 2.24) is 9.97 Å². The zero-order chi connectivity index (χ0) is 14.5. The lowest BCUT2D eigenvalue weighted by Crippen LogP contribution is -2.05. The molecule has 1 heterocycles. The van der Waals surface area contributed by atoms with E-state index in [1.54, 1.807) is 19.2 Å². The van der Waals surface area contributed by atoms with Crippen LogP contribution in [-0.2, 0) is 6.42 Å². The van der Waals surface area contributed by atoms with Crippen LogP contribution in [0.1, 0.15) is 12.5 Å². The summed E-state index contributed by atoms with van der Waals surface area (Å²) in [4.78, 5) is 8.51. The third kappa shape index (κ3) is 2.93. The van der Waals surface area contributed by atoms with Crippen LogP contribution < -0.4 is 15.4 Å². The molecule has 0 aliphatic carbocycles. The Labute approximate surface area is 123 Å². The van der Waals surface area contributed by atoms with E-state index in [1.807, 2.05) is 13.1 Å². The largest absolute Gasteiger partial charge is 0.495 e. The van der Waals surface area contributed by atoms with Crippen LogP contribution in [0.15, 0.2) is 24.5 Å². The molecule has 0 saturated heterocycles. The predicted octanol–water partition coefficient (Wildman–Crippen LogP) is 3.49. The summed E-state index contributed by atoms with van der Waals surface area (Å²) in [5.74, 6) is 2.26. The van der Waals surface area contributed by atoms with Gasteiger partial charge < -0.3 is 15.4 Å². The number of ether oxygens (including phenoxy) is 1. The average molecular weight is 293 g/mol. The lowest BCUT2D eigenvalue weighted by Gasteiger charge is -2.15. The maximum Gasteiger partial charge on any atom is 0.142 e. The number of hydrogen-bond donors (Lipinski definition) is 2. The van der Waals surface area contributed by atoms with Gasteiger partial charge in [0.15, 0.2) is 0 Å². The highest BCUT2D eigenvalue weighted by atomic mass is 35.5. The topological polar surface area (TPSA) is 59.1 Å². The van der Waals surface area contributed by atoms with Crippen LogP contribution in [0.5, 0.6) is 5.75 Å². The van der Waals surface area contributed by atoms with E-state index in [9.17, 15) is 0 Å². The quantitative estimate of drug-likeness (QED) is 0.883. The summed E-state index contributed by atoms with van der Waals surface area (Å²) in [7, 11) is 3.46. The first-order valence-corrected chi connectivity index (χ1v) is 6.69. The second kappa shape index (κ2) is 6.43. The SMILES string of the molecule is CCc1c(NC)ncnc1Nc1cc(Cl)ccc1OC. The van der Waals surface area contributed by atoms with Crippen LogP contribution >= 0.6 is 11.6 Å². The first kappa shape index (κ1) is 14.4. The number of methoxy groups -OCH3 is 1. The molecule has 0 radical (unpaired) electrons. The van der Waals surface area contributed by atoms with Crippen LogP contribution in [0.2, 0.25) is 5.02 Å². The molecule has 0 unspecified atom stereocenters. The maximum atomic E-state index is 6.03. The average Bonchev–Trinajstić information content (AvgIpc) is 2.47. The van der Waals surface area contributed by atoms with Crippen LogP contribution in [0.25, 0.3) is 0 Å². The van der Waals surface area contributed by atoms with Gasteiger partial charge in [0.05, 0.1) is 12.8 Å². The van der Waals surface area contributed by atoms with E-state index in [2.05, 4.69) is 27.5 Å². The van der Waals surface area contributed by atoms with Crippen molar-refractivity contribution in [3.8, 4) is 5.75 Å². The van der Waals surface area contributed by atoms with E-state index >= 15 is 0 Å². The number of nitrogens with zero attached hydrogens (tertiary/aromatic N) is 2. The number of anilines is 3. The molecular weight excluding hydrogens is 276 g/mol. The first-order chi connectivity index (χ1) is 9.69. The normalized spacial score (nSPS) is 10.2. The Hall–Kier alpha value is -2.01. The molecule has 0 spiro atoms. The van der Waals surface area contributed by atoms with E-state index in [4.69, 9.17) is 16.3 Å². The van der Waals surface area contributed by atoms with Gasteiger partial charge in [-0.1, -0.05) is 18.5 Å².